The van der Waals surface area contributed by atoms with Gasteiger partial charge >= 0.3 is 12.1 Å². The SMILES string of the molecule is CC[C@H](NS(=O)(=O)Cc1ccn(CC(F)(F)F)n1)C(=O)O. The molecule has 0 saturated carbocycles. The van der Waals surface area contributed by atoms with Gasteiger partial charge in [-0.05, 0) is 12.5 Å². The molecule has 0 unspecified atom stereocenters. The van der Waals surface area contributed by atoms with Crippen LogP contribution in [0.3, 0.4) is 0 Å². The third kappa shape index (κ3) is 6.12. The molecule has 120 valence electrons. The average Bonchev–Trinajstić information content (AvgIpc) is 2.69. The van der Waals surface area contributed by atoms with E-state index in [1.165, 1.54) is 6.92 Å². The first-order valence-corrected chi connectivity index (χ1v) is 7.49. The number of sulfonamides is 1. The predicted molar refractivity (Wildman–Crippen MR) is 65.8 cm³/mol. The fourth-order valence-corrected chi connectivity index (χ4v) is 2.84. The second kappa shape index (κ2) is 6.43. The Morgan fingerprint density at radius 2 is 2.14 bits per heavy atom. The van der Waals surface area contributed by atoms with Crippen molar-refractivity contribution in [1.82, 2.24) is 14.5 Å². The summed E-state index contributed by atoms with van der Waals surface area (Å²) >= 11 is 0. The Hall–Kier alpha value is -1.62. The van der Waals surface area contributed by atoms with Crippen LogP contribution < -0.4 is 4.72 Å². The van der Waals surface area contributed by atoms with Crippen molar-refractivity contribution in [3.05, 3.63) is 18.0 Å². The molecular weight excluding hydrogens is 315 g/mol. The largest absolute Gasteiger partial charge is 0.480 e. The maximum Gasteiger partial charge on any atom is 0.408 e. The van der Waals surface area contributed by atoms with Crippen LogP contribution in [0.25, 0.3) is 0 Å². The predicted octanol–water partition coefficient (Wildman–Crippen LogP) is 0.728. The summed E-state index contributed by atoms with van der Waals surface area (Å²) in [6, 6.07) is -0.153. The standard InChI is InChI=1S/C10H14F3N3O4S/c1-2-8(9(17)18)15-21(19,20)5-7-3-4-16(14-7)6-10(11,12)13/h3-4,8,15H,2,5-6H2,1H3,(H,17,18)/t8-/m0/s1. The molecule has 1 aromatic heterocycles. The number of hydrogen-bond acceptors (Lipinski definition) is 4. The number of aromatic nitrogens is 2. The molecule has 7 nitrogen and oxygen atoms in total. The number of nitrogens with zero attached hydrogens (tertiary/aromatic N) is 2. The van der Waals surface area contributed by atoms with Crippen LogP contribution in [0.15, 0.2) is 12.3 Å². The van der Waals surface area contributed by atoms with E-state index in [0.29, 0.717) is 4.68 Å². The molecule has 11 heteroatoms. The van der Waals surface area contributed by atoms with E-state index in [-0.39, 0.29) is 12.1 Å². The maximum atomic E-state index is 12.1. The summed E-state index contributed by atoms with van der Waals surface area (Å²) in [6.07, 6.45) is -3.42. The number of rotatable bonds is 7. The summed E-state index contributed by atoms with van der Waals surface area (Å²) in [5, 5.41) is 12.3. The number of carboxylic acid groups (broad SMARTS) is 1. The maximum absolute atomic E-state index is 12.1. The van der Waals surface area contributed by atoms with Crippen molar-refractivity contribution in [2.45, 2.75) is 37.9 Å². The molecule has 0 saturated heterocycles. The van der Waals surface area contributed by atoms with Crippen LogP contribution in [-0.2, 0) is 27.1 Å². The molecule has 0 aliphatic carbocycles. The van der Waals surface area contributed by atoms with Gasteiger partial charge in [0.05, 0.1) is 5.69 Å². The van der Waals surface area contributed by atoms with Gasteiger partial charge < -0.3 is 5.11 Å². The van der Waals surface area contributed by atoms with Crippen molar-refractivity contribution in [3.8, 4) is 0 Å². The third-order valence-electron chi connectivity index (χ3n) is 2.40. The molecule has 0 amide bonds. The minimum Gasteiger partial charge on any atom is -0.480 e. The van der Waals surface area contributed by atoms with E-state index < -0.39 is 40.5 Å². The van der Waals surface area contributed by atoms with Gasteiger partial charge in [0, 0.05) is 6.20 Å². The van der Waals surface area contributed by atoms with E-state index in [9.17, 15) is 26.4 Å². The number of carbonyl (C=O) groups is 1. The highest BCUT2D eigenvalue weighted by molar-refractivity contribution is 7.88. The molecule has 21 heavy (non-hydrogen) atoms. The van der Waals surface area contributed by atoms with Crippen molar-refractivity contribution in [3.63, 3.8) is 0 Å². The summed E-state index contributed by atoms with van der Waals surface area (Å²) in [6.45, 7) is 0.159. The number of nitrogens with one attached hydrogen (secondary N) is 1. The lowest BCUT2D eigenvalue weighted by Gasteiger charge is -2.11. The first-order valence-electron chi connectivity index (χ1n) is 5.84. The van der Waals surface area contributed by atoms with Crippen LogP contribution >= 0.6 is 0 Å². The molecule has 0 fully saturated rings. The summed E-state index contributed by atoms with van der Waals surface area (Å²) in [4.78, 5) is 10.7. The lowest BCUT2D eigenvalue weighted by Crippen LogP contribution is -2.40. The summed E-state index contributed by atoms with van der Waals surface area (Å²) in [5.41, 5.74) is -0.105. The fourth-order valence-electron chi connectivity index (χ4n) is 1.51. The van der Waals surface area contributed by atoms with Gasteiger partial charge in [-0.15, -0.1) is 0 Å². The van der Waals surface area contributed by atoms with Crippen molar-refractivity contribution in [1.29, 1.82) is 0 Å². The number of halogens is 3. The second-order valence-electron chi connectivity index (χ2n) is 4.30. The molecule has 1 atom stereocenters. The van der Waals surface area contributed by atoms with Gasteiger partial charge in [-0.3, -0.25) is 9.48 Å². The average molecular weight is 329 g/mol. The quantitative estimate of drug-likeness (QED) is 0.768. The molecular formula is C10H14F3N3O4S. The molecule has 0 aromatic carbocycles. The zero-order valence-electron chi connectivity index (χ0n) is 11.0. The van der Waals surface area contributed by atoms with E-state index in [4.69, 9.17) is 5.11 Å². The van der Waals surface area contributed by atoms with Crippen LogP contribution in [0.5, 0.6) is 0 Å². The Morgan fingerprint density at radius 1 is 1.52 bits per heavy atom. The summed E-state index contributed by atoms with van der Waals surface area (Å²) < 4.78 is 62.4. The fraction of sp³-hybridized carbons (Fsp3) is 0.600. The van der Waals surface area contributed by atoms with Gasteiger partial charge in [-0.2, -0.15) is 18.3 Å². The first-order chi connectivity index (χ1) is 9.52. The summed E-state index contributed by atoms with van der Waals surface area (Å²) in [5.74, 6) is -2.02. The van der Waals surface area contributed by atoms with Crippen LogP contribution in [0.4, 0.5) is 13.2 Å². The molecule has 1 rings (SSSR count). The van der Waals surface area contributed by atoms with Crippen LogP contribution in [0.1, 0.15) is 19.0 Å². The van der Waals surface area contributed by atoms with Crippen LogP contribution in [0.2, 0.25) is 0 Å². The first kappa shape index (κ1) is 17.4. The Morgan fingerprint density at radius 3 is 2.62 bits per heavy atom. The monoisotopic (exact) mass is 329 g/mol. The topological polar surface area (TPSA) is 101 Å². The van der Waals surface area contributed by atoms with E-state index in [1.807, 2.05) is 4.72 Å². The smallest absolute Gasteiger partial charge is 0.408 e. The lowest BCUT2D eigenvalue weighted by molar-refractivity contribution is -0.142. The molecule has 2 N–H and O–H groups in total. The summed E-state index contributed by atoms with van der Waals surface area (Å²) in [7, 11) is -4.01. The molecule has 0 radical (unpaired) electrons. The Labute approximate surface area is 118 Å². The van der Waals surface area contributed by atoms with Gasteiger partial charge in [0.15, 0.2) is 0 Å². The van der Waals surface area contributed by atoms with Crippen LogP contribution in [-0.4, -0.2) is 41.5 Å². The highest BCUT2D eigenvalue weighted by atomic mass is 32.2. The number of alkyl halides is 3. The minimum atomic E-state index is -4.46. The minimum absolute atomic E-state index is 0.0388. The number of aliphatic carboxylic acids is 1. The third-order valence-corrected chi connectivity index (χ3v) is 3.72. The highest BCUT2D eigenvalue weighted by Gasteiger charge is 2.29. The second-order valence-corrected chi connectivity index (χ2v) is 6.05. The molecule has 0 bridgehead atoms. The number of hydrogen-bond donors (Lipinski definition) is 2. The van der Waals surface area contributed by atoms with Gasteiger partial charge in [-0.1, -0.05) is 6.92 Å². The number of carboxylic acids is 1. The molecule has 1 aromatic rings. The van der Waals surface area contributed by atoms with E-state index in [1.54, 1.807) is 0 Å². The van der Waals surface area contributed by atoms with Crippen LogP contribution in [0, 0.1) is 0 Å². The van der Waals surface area contributed by atoms with E-state index in [2.05, 4.69) is 5.10 Å². The molecule has 0 spiro atoms. The normalized spacial score (nSPS) is 14.1. The Balaban J connectivity index is 2.74. The highest BCUT2D eigenvalue weighted by Crippen LogP contribution is 2.17. The van der Waals surface area contributed by atoms with Crippen molar-refractivity contribution >= 4 is 16.0 Å². The molecule has 0 aliphatic rings. The Kier molecular flexibility index (Phi) is 5.34. The lowest BCUT2D eigenvalue weighted by atomic mass is 10.2. The zero-order chi connectivity index (χ0) is 16.3. The zero-order valence-corrected chi connectivity index (χ0v) is 11.8. The van der Waals surface area contributed by atoms with E-state index >= 15 is 0 Å². The van der Waals surface area contributed by atoms with Gasteiger partial charge in [0.25, 0.3) is 0 Å². The molecule has 1 heterocycles. The molecule has 0 aliphatic heterocycles. The van der Waals surface area contributed by atoms with Crippen molar-refractivity contribution in [2.75, 3.05) is 0 Å². The van der Waals surface area contributed by atoms with Gasteiger partial charge in [-0.25, -0.2) is 13.1 Å². The van der Waals surface area contributed by atoms with Gasteiger partial charge in [0.2, 0.25) is 10.0 Å². The Bertz CT molecular complexity index is 597. The van der Waals surface area contributed by atoms with E-state index in [0.717, 1.165) is 12.3 Å². The van der Waals surface area contributed by atoms with Gasteiger partial charge in [0.1, 0.15) is 18.3 Å². The van der Waals surface area contributed by atoms with Crippen molar-refractivity contribution < 1.29 is 31.5 Å². The van der Waals surface area contributed by atoms with Crippen molar-refractivity contribution in [2.24, 2.45) is 0 Å².